The highest BCUT2D eigenvalue weighted by Gasteiger charge is 2.21. The monoisotopic (exact) mass is 186 g/mol. The summed E-state index contributed by atoms with van der Waals surface area (Å²) in [6.07, 6.45) is 0. The average molecular weight is 186 g/mol. The summed E-state index contributed by atoms with van der Waals surface area (Å²) >= 11 is 0. The molecule has 0 unspecified atom stereocenters. The van der Waals surface area contributed by atoms with Gasteiger partial charge in [-0.2, -0.15) is 9.49 Å². The van der Waals surface area contributed by atoms with Crippen molar-refractivity contribution in [3.63, 3.8) is 0 Å². The van der Waals surface area contributed by atoms with Gasteiger partial charge in [0, 0.05) is 6.07 Å². The van der Waals surface area contributed by atoms with Crippen LogP contribution in [0.1, 0.15) is 31.3 Å². The molecule has 0 aliphatic carbocycles. The van der Waals surface area contributed by atoms with Gasteiger partial charge in [-0.05, 0) is 20.8 Å². The van der Waals surface area contributed by atoms with E-state index in [-0.39, 0.29) is 5.69 Å². The molecular weight excluding hydrogens is 175 g/mol. The van der Waals surface area contributed by atoms with Gasteiger partial charge in [0.25, 0.3) is 0 Å². The molecule has 0 radical (unpaired) electrons. The van der Waals surface area contributed by atoms with E-state index in [0.29, 0.717) is 0 Å². The van der Waals surface area contributed by atoms with Crippen molar-refractivity contribution >= 4 is 5.97 Å². The number of aromatic nitrogens is 2. The lowest BCUT2D eigenvalue weighted by atomic mass is 10.1. The first-order valence-corrected chi connectivity index (χ1v) is 3.81. The fourth-order valence-electron chi connectivity index (χ4n) is 0.933. The molecule has 0 aliphatic heterocycles. The van der Waals surface area contributed by atoms with E-state index >= 15 is 0 Å². The second-order valence-electron chi connectivity index (χ2n) is 3.74. The van der Waals surface area contributed by atoms with E-state index in [4.69, 9.17) is 5.11 Å². The number of carboxylic acid groups (broad SMARTS) is 1. The third-order valence-corrected chi connectivity index (χ3v) is 1.52. The van der Waals surface area contributed by atoms with Crippen molar-refractivity contribution in [2.45, 2.75) is 26.3 Å². The minimum absolute atomic E-state index is 0.271. The summed E-state index contributed by atoms with van der Waals surface area (Å²) in [5, 5.41) is 12.2. The summed E-state index contributed by atoms with van der Waals surface area (Å²) in [7, 11) is 0. The molecule has 0 bridgehead atoms. The summed E-state index contributed by atoms with van der Waals surface area (Å²) in [6, 6.07) is 0.910. The number of carboxylic acids is 1. The van der Waals surface area contributed by atoms with Crippen molar-refractivity contribution in [1.82, 2.24) is 9.78 Å². The van der Waals surface area contributed by atoms with E-state index in [0.717, 1.165) is 10.7 Å². The van der Waals surface area contributed by atoms with Crippen molar-refractivity contribution in [2.24, 2.45) is 0 Å². The normalized spacial score (nSPS) is 11.7. The molecule has 1 rings (SSSR count). The molecule has 0 saturated heterocycles. The molecule has 1 aromatic heterocycles. The van der Waals surface area contributed by atoms with Gasteiger partial charge in [0.1, 0.15) is 0 Å². The largest absolute Gasteiger partial charge is 0.476 e. The number of hydrogen-bond donors (Lipinski definition) is 1. The van der Waals surface area contributed by atoms with Crippen LogP contribution in [-0.4, -0.2) is 20.9 Å². The Morgan fingerprint density at radius 2 is 2.15 bits per heavy atom. The van der Waals surface area contributed by atoms with Gasteiger partial charge in [-0.15, -0.1) is 0 Å². The van der Waals surface area contributed by atoms with E-state index in [1.165, 1.54) is 0 Å². The van der Waals surface area contributed by atoms with Gasteiger partial charge in [-0.1, -0.05) is 0 Å². The van der Waals surface area contributed by atoms with E-state index in [1.807, 2.05) is 0 Å². The Bertz CT molecular complexity index is 338. The van der Waals surface area contributed by atoms with Crippen LogP contribution in [0.15, 0.2) is 6.07 Å². The fraction of sp³-hybridized carbons (Fsp3) is 0.500. The molecule has 0 aliphatic rings. The van der Waals surface area contributed by atoms with E-state index in [1.54, 1.807) is 20.8 Å². The quantitative estimate of drug-likeness (QED) is 0.722. The van der Waals surface area contributed by atoms with Crippen molar-refractivity contribution in [3.8, 4) is 0 Å². The SMILES string of the molecule is CC(C)(C)n1nc(C(=O)O)cc1F. The first-order valence-electron chi connectivity index (χ1n) is 3.81. The zero-order valence-electron chi connectivity index (χ0n) is 7.71. The molecule has 0 spiro atoms. The van der Waals surface area contributed by atoms with Crippen LogP contribution in [0.3, 0.4) is 0 Å². The lowest BCUT2D eigenvalue weighted by Gasteiger charge is -2.19. The maximum Gasteiger partial charge on any atom is 0.356 e. The molecule has 1 N–H and O–H groups in total. The number of aromatic carboxylic acids is 1. The molecule has 0 fully saturated rings. The van der Waals surface area contributed by atoms with E-state index < -0.39 is 17.5 Å². The van der Waals surface area contributed by atoms with Crippen LogP contribution < -0.4 is 0 Å². The van der Waals surface area contributed by atoms with Gasteiger partial charge in [0.15, 0.2) is 5.69 Å². The minimum Gasteiger partial charge on any atom is -0.476 e. The first-order chi connectivity index (χ1) is 5.82. The Hall–Kier alpha value is -1.39. The third kappa shape index (κ3) is 1.85. The van der Waals surface area contributed by atoms with Gasteiger partial charge in [-0.3, -0.25) is 0 Å². The summed E-state index contributed by atoms with van der Waals surface area (Å²) in [5.74, 6) is -1.85. The van der Waals surface area contributed by atoms with Crippen LogP contribution >= 0.6 is 0 Å². The highest BCUT2D eigenvalue weighted by atomic mass is 19.1. The topological polar surface area (TPSA) is 55.1 Å². The first kappa shape index (κ1) is 9.70. The van der Waals surface area contributed by atoms with E-state index in [9.17, 15) is 9.18 Å². The number of halogens is 1. The molecule has 0 saturated carbocycles. The zero-order chi connectivity index (χ0) is 10.2. The van der Waals surface area contributed by atoms with Crippen LogP contribution in [0.4, 0.5) is 4.39 Å². The maximum atomic E-state index is 13.1. The fourth-order valence-corrected chi connectivity index (χ4v) is 0.933. The van der Waals surface area contributed by atoms with Crippen molar-refractivity contribution in [2.75, 3.05) is 0 Å². The van der Waals surface area contributed by atoms with Crippen molar-refractivity contribution in [3.05, 3.63) is 17.7 Å². The molecule has 0 aromatic carbocycles. The molecule has 1 aromatic rings. The number of carbonyl (C=O) groups is 1. The van der Waals surface area contributed by atoms with Crippen LogP contribution in [0.5, 0.6) is 0 Å². The molecule has 72 valence electrons. The average Bonchev–Trinajstić information content (AvgIpc) is 2.29. The Morgan fingerprint density at radius 1 is 1.62 bits per heavy atom. The van der Waals surface area contributed by atoms with E-state index in [2.05, 4.69) is 5.10 Å². The molecule has 5 heteroatoms. The zero-order valence-corrected chi connectivity index (χ0v) is 7.71. The maximum absolute atomic E-state index is 13.1. The predicted octanol–water partition coefficient (Wildman–Crippen LogP) is 1.48. The molecule has 4 nitrogen and oxygen atoms in total. The Morgan fingerprint density at radius 3 is 2.38 bits per heavy atom. The summed E-state index contributed by atoms with van der Waals surface area (Å²) in [6.45, 7) is 5.23. The van der Waals surface area contributed by atoms with Crippen molar-refractivity contribution in [1.29, 1.82) is 0 Å². The molecule has 1 heterocycles. The number of hydrogen-bond acceptors (Lipinski definition) is 2. The summed E-state index contributed by atoms with van der Waals surface area (Å²) in [5.41, 5.74) is -0.815. The minimum atomic E-state index is -1.22. The second-order valence-corrected chi connectivity index (χ2v) is 3.74. The van der Waals surface area contributed by atoms with Gasteiger partial charge >= 0.3 is 5.97 Å². The molecule has 0 atom stereocenters. The Kier molecular flexibility index (Phi) is 2.11. The highest BCUT2D eigenvalue weighted by molar-refractivity contribution is 5.85. The lowest BCUT2D eigenvalue weighted by Crippen LogP contribution is -2.25. The second kappa shape index (κ2) is 2.83. The summed E-state index contributed by atoms with van der Waals surface area (Å²) < 4.78 is 14.2. The highest BCUT2D eigenvalue weighted by Crippen LogP contribution is 2.15. The third-order valence-electron chi connectivity index (χ3n) is 1.52. The van der Waals surface area contributed by atoms with Crippen LogP contribution in [0, 0.1) is 5.95 Å². The predicted molar refractivity (Wildman–Crippen MR) is 44.1 cm³/mol. The van der Waals surface area contributed by atoms with Crippen LogP contribution in [0.2, 0.25) is 0 Å². The summed E-state index contributed by atoms with van der Waals surface area (Å²) in [4.78, 5) is 10.5. The number of rotatable bonds is 1. The van der Waals surface area contributed by atoms with Crippen molar-refractivity contribution < 1.29 is 14.3 Å². The molecular formula is C8H11FN2O2. The Balaban J connectivity index is 3.18. The molecule has 0 amide bonds. The Labute approximate surface area is 75.0 Å². The smallest absolute Gasteiger partial charge is 0.356 e. The van der Waals surface area contributed by atoms with Gasteiger partial charge in [0.05, 0.1) is 5.54 Å². The number of nitrogens with zero attached hydrogens (tertiary/aromatic N) is 2. The molecule has 13 heavy (non-hydrogen) atoms. The lowest BCUT2D eigenvalue weighted by molar-refractivity contribution is 0.0688. The van der Waals surface area contributed by atoms with Gasteiger partial charge < -0.3 is 5.11 Å². The van der Waals surface area contributed by atoms with Gasteiger partial charge in [0.2, 0.25) is 5.95 Å². The van der Waals surface area contributed by atoms with Crippen LogP contribution in [-0.2, 0) is 5.54 Å². The van der Waals surface area contributed by atoms with Crippen LogP contribution in [0.25, 0.3) is 0 Å². The van der Waals surface area contributed by atoms with Gasteiger partial charge in [-0.25, -0.2) is 9.48 Å². The standard InChI is InChI=1S/C8H11FN2O2/c1-8(2,3)11-6(9)4-5(10-11)7(12)13/h4H,1-3H3,(H,12,13).